The molecule has 1 unspecified atom stereocenters. The van der Waals surface area contributed by atoms with Crippen molar-refractivity contribution in [3.8, 4) is 0 Å². The van der Waals surface area contributed by atoms with Crippen LogP contribution in [0.1, 0.15) is 12.8 Å². The van der Waals surface area contributed by atoms with E-state index in [0.717, 1.165) is 0 Å². The van der Waals surface area contributed by atoms with Crippen molar-refractivity contribution in [2.75, 3.05) is 13.6 Å². The Labute approximate surface area is 88.2 Å². The maximum atomic E-state index is 10.8. The number of rotatable bonds is 4. The lowest BCUT2D eigenvalue weighted by molar-refractivity contribution is -0.435. The van der Waals surface area contributed by atoms with Crippen molar-refractivity contribution in [2.45, 2.75) is 18.4 Å². The molecule has 0 aliphatic heterocycles. The molecule has 0 aromatic rings. The van der Waals surface area contributed by atoms with Crippen molar-refractivity contribution in [3.05, 3.63) is 33.7 Å². The Morgan fingerprint density at radius 1 is 1.73 bits per heavy atom. The summed E-state index contributed by atoms with van der Waals surface area (Å²) in [6.07, 6.45) is 4.00. The standard InChI is InChI=1S/C9H16N4O2/c1-12-5-4-9(11)3-2-7(10)6-8(9)13(14)15/h2,6,12H,3-5,10-11H2,1H3. The Morgan fingerprint density at radius 2 is 2.40 bits per heavy atom. The molecule has 0 radical (unpaired) electrons. The highest BCUT2D eigenvalue weighted by Crippen LogP contribution is 2.27. The first-order chi connectivity index (χ1) is 6.99. The van der Waals surface area contributed by atoms with Crippen molar-refractivity contribution in [1.82, 2.24) is 5.32 Å². The van der Waals surface area contributed by atoms with Gasteiger partial charge >= 0.3 is 0 Å². The zero-order valence-electron chi connectivity index (χ0n) is 8.69. The van der Waals surface area contributed by atoms with Crippen LogP contribution in [0.3, 0.4) is 0 Å². The summed E-state index contributed by atoms with van der Waals surface area (Å²) < 4.78 is 0. The van der Waals surface area contributed by atoms with Gasteiger partial charge in [-0.3, -0.25) is 10.1 Å². The van der Waals surface area contributed by atoms with E-state index in [9.17, 15) is 10.1 Å². The van der Waals surface area contributed by atoms with Gasteiger partial charge in [0.2, 0.25) is 0 Å². The molecule has 0 saturated carbocycles. The monoisotopic (exact) mass is 212 g/mol. The first-order valence-corrected chi connectivity index (χ1v) is 4.75. The fourth-order valence-electron chi connectivity index (χ4n) is 1.58. The fourth-order valence-corrected chi connectivity index (χ4v) is 1.58. The molecule has 5 N–H and O–H groups in total. The smallest absolute Gasteiger partial charge is 0.268 e. The van der Waals surface area contributed by atoms with E-state index in [1.165, 1.54) is 6.08 Å². The second-order valence-corrected chi connectivity index (χ2v) is 3.70. The van der Waals surface area contributed by atoms with Gasteiger partial charge in [0, 0.05) is 11.8 Å². The summed E-state index contributed by atoms with van der Waals surface area (Å²) >= 11 is 0. The van der Waals surface area contributed by atoms with Gasteiger partial charge < -0.3 is 16.8 Å². The van der Waals surface area contributed by atoms with E-state index in [0.29, 0.717) is 25.1 Å². The molecule has 84 valence electrons. The average molecular weight is 212 g/mol. The molecule has 0 aromatic carbocycles. The van der Waals surface area contributed by atoms with E-state index in [2.05, 4.69) is 5.32 Å². The maximum Gasteiger partial charge on any atom is 0.268 e. The Balaban J connectivity index is 2.90. The van der Waals surface area contributed by atoms with Crippen molar-refractivity contribution in [3.63, 3.8) is 0 Å². The highest BCUT2D eigenvalue weighted by molar-refractivity contribution is 5.30. The number of nitrogens with zero attached hydrogens (tertiary/aromatic N) is 1. The number of nitrogens with two attached hydrogens (primary N) is 2. The van der Waals surface area contributed by atoms with Gasteiger partial charge in [-0.2, -0.15) is 0 Å². The van der Waals surface area contributed by atoms with Crippen LogP contribution >= 0.6 is 0 Å². The van der Waals surface area contributed by atoms with Gasteiger partial charge in [-0.15, -0.1) is 0 Å². The molecule has 6 nitrogen and oxygen atoms in total. The minimum atomic E-state index is -0.907. The molecule has 0 heterocycles. The third kappa shape index (κ3) is 2.54. The zero-order valence-corrected chi connectivity index (χ0v) is 8.69. The first kappa shape index (κ1) is 11.7. The van der Waals surface area contributed by atoms with Crippen LogP contribution in [0.25, 0.3) is 0 Å². The minimum Gasteiger partial charge on any atom is -0.399 e. The second-order valence-electron chi connectivity index (χ2n) is 3.70. The van der Waals surface area contributed by atoms with Crippen molar-refractivity contribution in [2.24, 2.45) is 11.5 Å². The predicted octanol–water partition coefficient (Wildman–Crippen LogP) is -0.300. The van der Waals surface area contributed by atoms with Crippen LogP contribution < -0.4 is 16.8 Å². The van der Waals surface area contributed by atoms with Gasteiger partial charge in [-0.05, 0) is 26.4 Å². The van der Waals surface area contributed by atoms with Gasteiger partial charge in [0.25, 0.3) is 5.70 Å². The van der Waals surface area contributed by atoms with Crippen LogP contribution in [0.15, 0.2) is 23.5 Å². The minimum absolute atomic E-state index is 0.00208. The summed E-state index contributed by atoms with van der Waals surface area (Å²) in [5, 5.41) is 13.8. The molecule has 1 rings (SSSR count). The molecule has 0 bridgehead atoms. The zero-order chi connectivity index (χ0) is 11.5. The lowest BCUT2D eigenvalue weighted by Crippen LogP contribution is -2.47. The lowest BCUT2D eigenvalue weighted by atomic mass is 9.85. The summed E-state index contributed by atoms with van der Waals surface area (Å²) in [5.74, 6) is 0. The molecule has 0 fully saturated rings. The maximum absolute atomic E-state index is 10.8. The average Bonchev–Trinajstić information content (AvgIpc) is 2.19. The van der Waals surface area contributed by atoms with Gasteiger partial charge in [0.15, 0.2) is 0 Å². The predicted molar refractivity (Wildman–Crippen MR) is 57.4 cm³/mol. The summed E-state index contributed by atoms with van der Waals surface area (Å²) in [6, 6.07) is 0. The van der Waals surface area contributed by atoms with Gasteiger partial charge in [0.05, 0.1) is 4.92 Å². The van der Waals surface area contributed by atoms with Crippen LogP contribution in [0.4, 0.5) is 0 Å². The third-order valence-corrected chi connectivity index (χ3v) is 2.53. The third-order valence-electron chi connectivity index (χ3n) is 2.53. The van der Waals surface area contributed by atoms with E-state index >= 15 is 0 Å². The summed E-state index contributed by atoms with van der Waals surface area (Å²) in [6.45, 7) is 0.634. The van der Waals surface area contributed by atoms with E-state index in [4.69, 9.17) is 11.5 Å². The van der Waals surface area contributed by atoms with Crippen molar-refractivity contribution < 1.29 is 4.92 Å². The van der Waals surface area contributed by atoms with Crippen molar-refractivity contribution in [1.29, 1.82) is 0 Å². The largest absolute Gasteiger partial charge is 0.399 e. The van der Waals surface area contributed by atoms with Gasteiger partial charge in [-0.1, -0.05) is 6.08 Å². The first-order valence-electron chi connectivity index (χ1n) is 4.75. The normalized spacial score (nSPS) is 25.7. The van der Waals surface area contributed by atoms with Crippen LogP contribution in [0, 0.1) is 10.1 Å². The molecule has 1 atom stereocenters. The molecule has 15 heavy (non-hydrogen) atoms. The molecule has 0 aromatic heterocycles. The number of nitro groups is 1. The molecular formula is C9H16N4O2. The molecule has 1 aliphatic rings. The molecule has 6 heteroatoms. The van der Waals surface area contributed by atoms with Crippen LogP contribution in [0.5, 0.6) is 0 Å². The number of hydrogen-bond donors (Lipinski definition) is 3. The SMILES string of the molecule is CNCCC1(N)CC=C(N)C=C1[N+](=O)[O-]. The highest BCUT2D eigenvalue weighted by atomic mass is 16.6. The van der Waals surface area contributed by atoms with Crippen molar-refractivity contribution >= 4 is 0 Å². The number of hydrogen-bond acceptors (Lipinski definition) is 5. The lowest BCUT2D eigenvalue weighted by Gasteiger charge is -2.27. The topological polar surface area (TPSA) is 107 Å². The molecule has 0 spiro atoms. The molecular weight excluding hydrogens is 196 g/mol. The van der Waals surface area contributed by atoms with E-state index < -0.39 is 10.5 Å². The summed E-state index contributed by atoms with van der Waals surface area (Å²) in [4.78, 5) is 10.4. The highest BCUT2D eigenvalue weighted by Gasteiger charge is 2.39. The molecule has 0 amide bonds. The molecule has 1 aliphatic carbocycles. The van der Waals surface area contributed by atoms with E-state index in [1.807, 2.05) is 0 Å². The Kier molecular flexibility index (Phi) is 3.43. The number of nitrogens with one attached hydrogen (secondary N) is 1. The van der Waals surface area contributed by atoms with E-state index in [1.54, 1.807) is 13.1 Å². The van der Waals surface area contributed by atoms with Gasteiger partial charge in [0.1, 0.15) is 5.54 Å². The second kappa shape index (κ2) is 4.41. The fraction of sp³-hybridized carbons (Fsp3) is 0.556. The summed E-state index contributed by atoms with van der Waals surface area (Å²) in [5.41, 5.74) is 11.0. The molecule has 0 saturated heterocycles. The Morgan fingerprint density at radius 3 is 2.93 bits per heavy atom. The van der Waals surface area contributed by atoms with Gasteiger partial charge in [-0.25, -0.2) is 0 Å². The van der Waals surface area contributed by atoms with E-state index in [-0.39, 0.29) is 5.70 Å². The van der Waals surface area contributed by atoms with Crippen LogP contribution in [0.2, 0.25) is 0 Å². The summed E-state index contributed by atoms with van der Waals surface area (Å²) in [7, 11) is 1.78. The number of allylic oxidation sites excluding steroid dienone is 1. The Bertz CT molecular complexity index is 324. The van der Waals surface area contributed by atoms with Crippen LogP contribution in [-0.2, 0) is 0 Å². The quantitative estimate of drug-likeness (QED) is 0.438. The Hall–Kier alpha value is -1.40. The van der Waals surface area contributed by atoms with Crippen LogP contribution in [-0.4, -0.2) is 24.1 Å².